The maximum atomic E-state index is 12.6. The molecule has 0 spiro atoms. The summed E-state index contributed by atoms with van der Waals surface area (Å²) < 4.78 is 33.3. The van der Waals surface area contributed by atoms with Crippen LogP contribution in [0.15, 0.2) is 35.4 Å². The number of rotatable bonds is 4. The van der Waals surface area contributed by atoms with Crippen LogP contribution < -0.4 is 10.0 Å². The van der Waals surface area contributed by atoms with Gasteiger partial charge in [0.1, 0.15) is 0 Å². The minimum absolute atomic E-state index is 0.140. The number of hydrogen-bond donors (Lipinski definition) is 2. The van der Waals surface area contributed by atoms with Crippen molar-refractivity contribution in [3.05, 3.63) is 36.0 Å². The zero-order valence-corrected chi connectivity index (χ0v) is 13.2. The summed E-state index contributed by atoms with van der Waals surface area (Å²) in [5.74, 6) is 0. The van der Waals surface area contributed by atoms with Crippen LogP contribution in [0.5, 0.6) is 0 Å². The lowest BCUT2D eigenvalue weighted by molar-refractivity contribution is 0.0324. The minimum atomic E-state index is -3.60. The Hall–Kier alpha value is -1.54. The van der Waals surface area contributed by atoms with Crippen LogP contribution in [-0.2, 0) is 14.8 Å². The normalized spacial score (nSPS) is 19.4. The molecule has 1 aromatic carbocycles. The molecule has 1 aromatic heterocycles. The molecule has 0 aliphatic carbocycles. The Kier molecular flexibility index (Phi) is 4.39. The lowest BCUT2D eigenvalue weighted by Gasteiger charge is -2.23. The number of benzene rings is 1. The Balaban J connectivity index is 1.87. The Morgan fingerprint density at radius 2 is 2.27 bits per heavy atom. The smallest absolute Gasteiger partial charge is 0.241 e. The van der Waals surface area contributed by atoms with Crippen LogP contribution in [0.4, 0.5) is 0 Å². The fraction of sp³-hybridized carbons (Fsp3) is 0.400. The Bertz CT molecular complexity index is 771. The van der Waals surface area contributed by atoms with Crippen molar-refractivity contribution in [3.8, 4) is 0 Å². The Morgan fingerprint density at radius 1 is 1.41 bits per heavy atom. The number of nitrogens with zero attached hydrogens (tertiary/aromatic N) is 1. The van der Waals surface area contributed by atoms with E-state index in [9.17, 15) is 8.42 Å². The largest absolute Gasteiger partial charge is 0.374 e. The van der Waals surface area contributed by atoms with Crippen LogP contribution in [0.2, 0.25) is 0 Å². The Morgan fingerprint density at radius 3 is 3.05 bits per heavy atom. The highest BCUT2D eigenvalue weighted by Crippen LogP contribution is 2.24. The summed E-state index contributed by atoms with van der Waals surface area (Å²) in [7, 11) is -3.60. The summed E-state index contributed by atoms with van der Waals surface area (Å²) in [6, 6.07) is 6.93. The van der Waals surface area contributed by atoms with Crippen molar-refractivity contribution in [2.75, 3.05) is 26.2 Å². The van der Waals surface area contributed by atoms with Crippen molar-refractivity contribution in [2.45, 2.75) is 17.9 Å². The van der Waals surface area contributed by atoms with Crippen LogP contribution in [0.25, 0.3) is 10.9 Å². The number of nitrogens with one attached hydrogen (secondary N) is 2. The third-order valence-electron chi connectivity index (χ3n) is 3.73. The first-order chi connectivity index (χ1) is 10.6. The zero-order valence-electron chi connectivity index (χ0n) is 12.4. The van der Waals surface area contributed by atoms with E-state index in [1.807, 2.05) is 6.92 Å². The molecule has 6 nitrogen and oxygen atoms in total. The van der Waals surface area contributed by atoms with Crippen LogP contribution >= 0.6 is 0 Å². The number of hydrogen-bond acceptors (Lipinski definition) is 5. The molecule has 1 aliphatic rings. The predicted octanol–water partition coefficient (Wildman–Crippen LogP) is 0.810. The molecular formula is C15H19N3O3S. The second kappa shape index (κ2) is 6.29. The molecular weight excluding hydrogens is 302 g/mol. The molecule has 1 aliphatic heterocycles. The molecule has 7 heteroatoms. The number of sulfonamides is 1. The summed E-state index contributed by atoms with van der Waals surface area (Å²) in [5, 5.41) is 3.81. The quantitative estimate of drug-likeness (QED) is 0.871. The van der Waals surface area contributed by atoms with E-state index in [1.54, 1.807) is 30.5 Å². The molecule has 118 valence electrons. The summed E-state index contributed by atoms with van der Waals surface area (Å²) in [5.41, 5.74) is 1.66. The van der Waals surface area contributed by atoms with E-state index in [1.165, 1.54) is 0 Å². The average Bonchev–Trinajstić information content (AvgIpc) is 2.54. The lowest BCUT2D eigenvalue weighted by atomic mass is 10.1. The molecule has 0 saturated carbocycles. The fourth-order valence-electron chi connectivity index (χ4n) is 2.55. The van der Waals surface area contributed by atoms with Gasteiger partial charge in [0.25, 0.3) is 0 Å². The Labute approximate surface area is 129 Å². The fourth-order valence-corrected chi connectivity index (χ4v) is 3.82. The van der Waals surface area contributed by atoms with Gasteiger partial charge in [-0.15, -0.1) is 0 Å². The highest BCUT2D eigenvalue weighted by molar-refractivity contribution is 7.89. The number of aromatic nitrogens is 1. The van der Waals surface area contributed by atoms with Gasteiger partial charge in [0.2, 0.25) is 10.0 Å². The summed E-state index contributed by atoms with van der Waals surface area (Å²) in [6.07, 6.45) is 1.53. The molecule has 0 radical (unpaired) electrons. The van der Waals surface area contributed by atoms with Crippen LogP contribution in [0.3, 0.4) is 0 Å². The molecule has 1 unspecified atom stereocenters. The number of pyridine rings is 1. The number of fused-ring (bicyclic) bond motifs is 1. The third kappa shape index (κ3) is 3.12. The highest BCUT2D eigenvalue weighted by atomic mass is 32.2. The summed E-state index contributed by atoms with van der Waals surface area (Å²) in [4.78, 5) is 4.53. The third-order valence-corrected chi connectivity index (χ3v) is 5.21. The molecule has 1 fully saturated rings. The second-order valence-electron chi connectivity index (χ2n) is 5.33. The van der Waals surface area contributed by atoms with Crippen molar-refractivity contribution < 1.29 is 13.2 Å². The predicted molar refractivity (Wildman–Crippen MR) is 84.3 cm³/mol. The topological polar surface area (TPSA) is 80.3 Å². The van der Waals surface area contributed by atoms with E-state index in [0.29, 0.717) is 24.1 Å². The van der Waals surface area contributed by atoms with Gasteiger partial charge in [-0.3, -0.25) is 4.98 Å². The van der Waals surface area contributed by atoms with Gasteiger partial charge in [-0.25, -0.2) is 13.1 Å². The first-order valence-corrected chi connectivity index (χ1v) is 8.72. The molecule has 1 saturated heterocycles. The average molecular weight is 321 g/mol. The maximum Gasteiger partial charge on any atom is 0.241 e. The van der Waals surface area contributed by atoms with Crippen molar-refractivity contribution in [1.29, 1.82) is 0 Å². The van der Waals surface area contributed by atoms with Gasteiger partial charge in [0.05, 0.1) is 23.1 Å². The number of ether oxygens (including phenoxy) is 1. The monoisotopic (exact) mass is 321 g/mol. The molecule has 3 rings (SSSR count). The van der Waals surface area contributed by atoms with Gasteiger partial charge in [0.15, 0.2) is 0 Å². The number of aryl methyl sites for hydroxylation is 1. The standard InChI is InChI=1S/C15H19N3O3S/c1-11-4-5-14(13-3-2-6-17-15(11)13)22(19,20)18-10-12-9-16-7-8-21-12/h2-6,12,16,18H,7-10H2,1H3. The molecule has 22 heavy (non-hydrogen) atoms. The van der Waals surface area contributed by atoms with Gasteiger partial charge in [-0.2, -0.15) is 0 Å². The molecule has 0 amide bonds. The van der Waals surface area contributed by atoms with E-state index in [-0.39, 0.29) is 17.5 Å². The van der Waals surface area contributed by atoms with E-state index >= 15 is 0 Å². The molecule has 0 bridgehead atoms. The SMILES string of the molecule is Cc1ccc(S(=O)(=O)NCC2CNCCO2)c2cccnc12. The molecule has 1 atom stereocenters. The summed E-state index contributed by atoms with van der Waals surface area (Å²) in [6.45, 7) is 4.23. The van der Waals surface area contributed by atoms with Crippen LogP contribution in [0, 0.1) is 6.92 Å². The van der Waals surface area contributed by atoms with Gasteiger partial charge >= 0.3 is 0 Å². The molecule has 2 N–H and O–H groups in total. The zero-order chi connectivity index (χ0) is 15.6. The van der Waals surface area contributed by atoms with E-state index < -0.39 is 10.0 Å². The molecule has 2 aromatic rings. The van der Waals surface area contributed by atoms with Gasteiger partial charge in [0, 0.05) is 31.2 Å². The van der Waals surface area contributed by atoms with Gasteiger partial charge in [-0.05, 0) is 30.7 Å². The maximum absolute atomic E-state index is 12.6. The van der Waals surface area contributed by atoms with E-state index in [2.05, 4.69) is 15.0 Å². The van der Waals surface area contributed by atoms with E-state index in [4.69, 9.17) is 4.74 Å². The number of morpholine rings is 1. The van der Waals surface area contributed by atoms with Crippen molar-refractivity contribution >= 4 is 20.9 Å². The first-order valence-electron chi connectivity index (χ1n) is 7.24. The van der Waals surface area contributed by atoms with E-state index in [0.717, 1.165) is 12.1 Å². The van der Waals surface area contributed by atoms with Crippen LogP contribution in [0.1, 0.15) is 5.56 Å². The molecule has 2 heterocycles. The van der Waals surface area contributed by atoms with Crippen molar-refractivity contribution in [1.82, 2.24) is 15.0 Å². The van der Waals surface area contributed by atoms with Crippen molar-refractivity contribution in [2.24, 2.45) is 0 Å². The second-order valence-corrected chi connectivity index (χ2v) is 7.06. The lowest BCUT2D eigenvalue weighted by Crippen LogP contribution is -2.45. The van der Waals surface area contributed by atoms with Gasteiger partial charge < -0.3 is 10.1 Å². The summed E-state index contributed by atoms with van der Waals surface area (Å²) >= 11 is 0. The highest BCUT2D eigenvalue weighted by Gasteiger charge is 2.21. The van der Waals surface area contributed by atoms with Crippen LogP contribution in [-0.4, -0.2) is 45.7 Å². The minimum Gasteiger partial charge on any atom is -0.374 e. The first kappa shape index (κ1) is 15.4. The van der Waals surface area contributed by atoms with Crippen molar-refractivity contribution in [3.63, 3.8) is 0 Å². The van der Waals surface area contributed by atoms with Gasteiger partial charge in [-0.1, -0.05) is 6.07 Å².